The third-order valence-corrected chi connectivity index (χ3v) is 8.81. The average molecular weight is 530 g/mol. The molecule has 0 unspecified atom stereocenters. The summed E-state index contributed by atoms with van der Waals surface area (Å²) in [6.07, 6.45) is 12.9. The van der Waals surface area contributed by atoms with Crippen molar-refractivity contribution in [3.63, 3.8) is 0 Å². The van der Waals surface area contributed by atoms with Crippen molar-refractivity contribution in [2.75, 3.05) is 0 Å². The van der Waals surface area contributed by atoms with Crippen molar-refractivity contribution >= 4 is 44.0 Å². The fourth-order valence-corrected chi connectivity index (χ4v) is 6.76. The highest BCUT2D eigenvalue weighted by Crippen LogP contribution is 2.48. The Hall–Kier alpha value is -4.69. The Balaban J connectivity index is 1.39. The minimum absolute atomic E-state index is 0.0934. The van der Waals surface area contributed by atoms with E-state index in [0.29, 0.717) is 0 Å². The first-order chi connectivity index (χ1) is 20.0. The molecule has 0 fully saturated rings. The van der Waals surface area contributed by atoms with E-state index >= 15 is 0 Å². The van der Waals surface area contributed by atoms with E-state index in [1.165, 1.54) is 55.1 Å². The fraction of sp³-hybridized carbons (Fsp3) is 0.154. The highest BCUT2D eigenvalue weighted by atomic mass is 16.5. The molecule has 8 rings (SSSR count). The van der Waals surface area contributed by atoms with Gasteiger partial charge in [-0.2, -0.15) is 0 Å². The number of nitrogens with zero attached hydrogens (tertiary/aromatic N) is 1. The van der Waals surface area contributed by atoms with Gasteiger partial charge in [-0.15, -0.1) is 0 Å². The summed E-state index contributed by atoms with van der Waals surface area (Å²) in [5.74, 6) is 1.71. The second-order valence-corrected chi connectivity index (χ2v) is 12.3. The zero-order valence-corrected chi connectivity index (χ0v) is 23.7. The van der Waals surface area contributed by atoms with Crippen LogP contribution in [0, 0.1) is 0 Å². The molecule has 2 aliphatic rings. The van der Waals surface area contributed by atoms with E-state index in [0.717, 1.165) is 40.5 Å². The van der Waals surface area contributed by atoms with Crippen LogP contribution in [-0.2, 0) is 11.8 Å². The number of allylic oxidation sites excluding steroid dienone is 3. The molecule has 0 bridgehead atoms. The lowest BCUT2D eigenvalue weighted by atomic mass is 9.79. The molecule has 2 aliphatic carbocycles. The quantitative estimate of drug-likeness (QED) is 0.213. The van der Waals surface area contributed by atoms with Crippen LogP contribution in [-0.4, -0.2) is 4.98 Å². The summed E-state index contributed by atoms with van der Waals surface area (Å²) in [7, 11) is 0. The number of benzene rings is 5. The second kappa shape index (κ2) is 8.91. The van der Waals surface area contributed by atoms with Crippen LogP contribution in [0.2, 0.25) is 0 Å². The van der Waals surface area contributed by atoms with Crippen molar-refractivity contribution < 1.29 is 4.74 Å². The van der Waals surface area contributed by atoms with Crippen molar-refractivity contribution in [2.24, 2.45) is 0 Å². The van der Waals surface area contributed by atoms with E-state index in [4.69, 9.17) is 4.74 Å². The van der Waals surface area contributed by atoms with Gasteiger partial charge < -0.3 is 4.74 Å². The molecule has 1 heterocycles. The van der Waals surface area contributed by atoms with Gasteiger partial charge in [-0.25, -0.2) is 0 Å². The molecule has 0 saturated carbocycles. The van der Waals surface area contributed by atoms with E-state index < -0.39 is 0 Å². The smallest absolute Gasteiger partial charge is 0.143 e. The number of pyridine rings is 1. The minimum Gasteiger partial charge on any atom is -0.456 e. The number of fused-ring (bicyclic) bond motifs is 2. The summed E-state index contributed by atoms with van der Waals surface area (Å²) in [6, 6.07) is 28.5. The van der Waals surface area contributed by atoms with Crippen LogP contribution in [0.1, 0.15) is 49.4 Å². The van der Waals surface area contributed by atoms with Crippen LogP contribution in [0.25, 0.3) is 55.1 Å². The predicted molar refractivity (Wildman–Crippen MR) is 173 cm³/mol. The summed E-state index contributed by atoms with van der Waals surface area (Å²) in [4.78, 5) is 4.61. The van der Waals surface area contributed by atoms with Crippen molar-refractivity contribution in [3.05, 3.63) is 126 Å². The standard InChI is InChI=1S/C39H31NO/c1-39(2,3)27-15-17-28(18-16-27)41-38-32-10-5-4-9-29(32)37(34-23-40-22-21-33(34)38)31-20-14-26-12-11-24-7-6-8-25-13-19-30(31)36(26)35(24)25/h4-6,8-11,13-23H,7,12H2,1-3H3. The van der Waals surface area contributed by atoms with Crippen molar-refractivity contribution in [3.8, 4) is 22.6 Å². The van der Waals surface area contributed by atoms with Gasteiger partial charge >= 0.3 is 0 Å². The molecular formula is C39H31NO. The number of rotatable bonds is 3. The lowest BCUT2D eigenvalue weighted by molar-refractivity contribution is 0.492. The summed E-state index contributed by atoms with van der Waals surface area (Å²) >= 11 is 0. The van der Waals surface area contributed by atoms with E-state index in [-0.39, 0.29) is 5.41 Å². The molecule has 198 valence electrons. The van der Waals surface area contributed by atoms with Crippen molar-refractivity contribution in [1.82, 2.24) is 4.98 Å². The molecule has 0 N–H and O–H groups in total. The number of ether oxygens (including phenoxy) is 1. The molecule has 2 heteroatoms. The van der Waals surface area contributed by atoms with Crippen LogP contribution < -0.4 is 4.74 Å². The lowest BCUT2D eigenvalue weighted by Gasteiger charge is -2.25. The number of aromatic nitrogens is 1. The fourth-order valence-electron chi connectivity index (χ4n) is 6.76. The molecule has 1 aromatic heterocycles. The van der Waals surface area contributed by atoms with E-state index in [2.05, 4.69) is 123 Å². The van der Waals surface area contributed by atoms with Gasteiger partial charge in [0.05, 0.1) is 0 Å². The molecule has 5 aromatic carbocycles. The van der Waals surface area contributed by atoms with Gasteiger partial charge in [0.2, 0.25) is 0 Å². The van der Waals surface area contributed by atoms with Gasteiger partial charge in [0.1, 0.15) is 11.5 Å². The number of hydrogen-bond acceptors (Lipinski definition) is 2. The van der Waals surface area contributed by atoms with E-state index in [1.807, 2.05) is 12.4 Å². The Kier molecular flexibility index (Phi) is 5.24. The van der Waals surface area contributed by atoms with E-state index in [1.54, 1.807) is 0 Å². The van der Waals surface area contributed by atoms with Gasteiger partial charge in [-0.3, -0.25) is 4.98 Å². The predicted octanol–water partition coefficient (Wildman–Crippen LogP) is 10.7. The molecule has 41 heavy (non-hydrogen) atoms. The molecule has 0 aliphatic heterocycles. The average Bonchev–Trinajstić information content (AvgIpc) is 3.00. The van der Waals surface area contributed by atoms with Gasteiger partial charge in [-0.05, 0) is 91.6 Å². The lowest BCUT2D eigenvalue weighted by Crippen LogP contribution is -2.10. The highest BCUT2D eigenvalue weighted by Gasteiger charge is 2.24. The Bertz CT molecular complexity index is 2030. The molecule has 6 aromatic rings. The molecular weight excluding hydrogens is 498 g/mol. The van der Waals surface area contributed by atoms with Gasteiger partial charge in [0.25, 0.3) is 0 Å². The molecule has 0 saturated heterocycles. The largest absolute Gasteiger partial charge is 0.456 e. The summed E-state index contributed by atoms with van der Waals surface area (Å²) in [5.41, 5.74) is 9.45. The van der Waals surface area contributed by atoms with Crippen LogP contribution in [0.15, 0.2) is 103 Å². The van der Waals surface area contributed by atoms with Crippen molar-refractivity contribution in [1.29, 1.82) is 0 Å². The molecule has 0 atom stereocenters. The second-order valence-electron chi connectivity index (χ2n) is 12.3. The Morgan fingerprint density at radius 3 is 2.34 bits per heavy atom. The first-order valence-corrected chi connectivity index (χ1v) is 14.5. The third-order valence-electron chi connectivity index (χ3n) is 8.81. The topological polar surface area (TPSA) is 22.1 Å². The first kappa shape index (κ1) is 24.1. The third kappa shape index (κ3) is 3.74. The summed E-state index contributed by atoms with van der Waals surface area (Å²) < 4.78 is 6.72. The minimum atomic E-state index is 0.0934. The van der Waals surface area contributed by atoms with Crippen LogP contribution in [0.5, 0.6) is 11.5 Å². The van der Waals surface area contributed by atoms with Crippen LogP contribution in [0.3, 0.4) is 0 Å². The highest BCUT2D eigenvalue weighted by molar-refractivity contribution is 6.21. The normalized spacial score (nSPS) is 14.1. The summed E-state index contributed by atoms with van der Waals surface area (Å²) in [6.45, 7) is 6.70. The molecule has 2 nitrogen and oxygen atoms in total. The van der Waals surface area contributed by atoms with Gasteiger partial charge in [0.15, 0.2) is 0 Å². The maximum atomic E-state index is 6.72. The molecule has 0 amide bonds. The maximum absolute atomic E-state index is 6.72. The first-order valence-electron chi connectivity index (χ1n) is 14.5. The van der Waals surface area contributed by atoms with Gasteiger partial charge in [-0.1, -0.05) is 99.7 Å². The van der Waals surface area contributed by atoms with E-state index in [9.17, 15) is 0 Å². The van der Waals surface area contributed by atoms with Crippen LogP contribution in [0.4, 0.5) is 0 Å². The Labute approximate surface area is 240 Å². The Morgan fingerprint density at radius 1 is 0.707 bits per heavy atom. The van der Waals surface area contributed by atoms with Crippen molar-refractivity contribution in [2.45, 2.75) is 39.0 Å². The summed E-state index contributed by atoms with van der Waals surface area (Å²) in [5, 5.41) is 7.17. The SMILES string of the molecule is CC(C)(C)c1ccc(Oc2c3ccccc3c(-c3ccc4c5c6c(ccc35)C=CCC6=CC4)c3cnccc23)cc1. The van der Waals surface area contributed by atoms with Gasteiger partial charge in [0, 0.05) is 28.6 Å². The molecule has 0 spiro atoms. The molecule has 0 radical (unpaired) electrons. The monoisotopic (exact) mass is 529 g/mol. The zero-order valence-electron chi connectivity index (χ0n) is 23.7. The zero-order chi connectivity index (χ0) is 27.7. The Morgan fingerprint density at radius 2 is 1.51 bits per heavy atom. The maximum Gasteiger partial charge on any atom is 0.143 e. The number of hydrogen-bond donors (Lipinski definition) is 0. The van der Waals surface area contributed by atoms with Crippen LogP contribution >= 0.6 is 0 Å².